The molecular formula is C75H110N2O. The van der Waals surface area contributed by atoms with E-state index in [1.54, 1.807) is 27.9 Å². The molecule has 0 saturated heterocycles. The topological polar surface area (TPSA) is 19.1 Å². The van der Waals surface area contributed by atoms with Gasteiger partial charge in [0.2, 0.25) is 0 Å². The van der Waals surface area contributed by atoms with E-state index in [2.05, 4.69) is 181 Å². The number of para-hydroxylation sites is 3. The normalized spacial score (nSPS) is 15.6. The Morgan fingerprint density at radius 2 is 0.859 bits per heavy atom. The Labute approximate surface area is 487 Å². The molecule has 10 rings (SSSR count). The standard InChI is InChI=1S/C21H27N.C13H11N.C7H8O.C7H14.C7H8.C6H12.C6H14.C5H12.C3H4/c1-20(2,3)14-8-10-18-16(12-14)17-13-15(21(4,5)6)9-11-19(17)22(18)7;1-14-12-8-4-2-6-10(12)11-7-3-5-9-13(11)14;1-8-7-5-3-2-4-6-7;2*1-7-5-3-2-4-6-7;1-6-4-2-3-5-6;1-5-6(2,3)4;1-4-5(2)3;1-3-2/h8-13H,1-7H3;2-9H,1H3;2-6H,1H3;7H,2-6H2,1H3;2-6H,1H3;6H,2-5H2,1H3;5H2,1-4H3;5H,4H2,1-3H3;1H,2H3/i;;;7D;;6D;5D2;4D2;. The molecular weight excluding hydrogens is 945 g/mol. The second-order valence-electron chi connectivity index (χ2n) is 24.2. The van der Waals surface area contributed by atoms with Crippen LogP contribution in [-0.4, -0.2) is 16.2 Å². The van der Waals surface area contributed by atoms with Crippen molar-refractivity contribution in [2.45, 2.75) is 199 Å². The highest BCUT2D eigenvalue weighted by atomic mass is 16.5. The second-order valence-corrected chi connectivity index (χ2v) is 24.2. The number of rotatable bonds is 2. The highest BCUT2D eigenvalue weighted by Gasteiger charge is 2.19. The fourth-order valence-corrected chi connectivity index (χ4v) is 8.49. The Hall–Kier alpha value is -5.72. The molecule has 0 N–H and O–H groups in total. The van der Waals surface area contributed by atoms with Gasteiger partial charge in [-0.25, -0.2) is 0 Å². The van der Waals surface area contributed by atoms with Crippen LogP contribution in [0.25, 0.3) is 43.6 Å². The molecule has 0 unspecified atom stereocenters. The fraction of sp³-hybridized carbons (Fsp3) is 0.493. The van der Waals surface area contributed by atoms with Crippen molar-refractivity contribution in [2.75, 3.05) is 7.11 Å². The van der Waals surface area contributed by atoms with E-state index in [0.29, 0.717) is 0 Å². The maximum absolute atomic E-state index is 7.63. The lowest BCUT2D eigenvalue weighted by molar-refractivity contribution is 0.385. The molecule has 426 valence electrons. The van der Waals surface area contributed by atoms with Gasteiger partial charge in [-0.1, -0.05) is 277 Å². The molecule has 3 heteroatoms. The summed E-state index contributed by atoms with van der Waals surface area (Å²) < 4.78 is 53.2. The van der Waals surface area contributed by atoms with Crippen molar-refractivity contribution in [3.8, 4) is 18.1 Å². The van der Waals surface area contributed by atoms with Gasteiger partial charge in [-0.15, -0.1) is 12.3 Å². The molecule has 2 aromatic heterocycles. The number of ether oxygens (including phenoxy) is 1. The van der Waals surface area contributed by atoms with Gasteiger partial charge < -0.3 is 13.9 Å². The van der Waals surface area contributed by atoms with Gasteiger partial charge in [-0.05, 0) is 107 Å². The van der Waals surface area contributed by atoms with E-state index in [1.165, 1.54) is 92.4 Å². The first kappa shape index (κ1) is 58.4. The van der Waals surface area contributed by atoms with Crippen LogP contribution in [0.5, 0.6) is 5.75 Å². The zero-order valence-corrected chi connectivity index (χ0v) is 52.7. The minimum absolute atomic E-state index is 0.0556. The molecule has 0 aliphatic heterocycles. The van der Waals surface area contributed by atoms with Gasteiger partial charge in [0.15, 0.2) is 0 Å². The highest BCUT2D eigenvalue weighted by molar-refractivity contribution is 6.09. The molecule has 2 aliphatic carbocycles. The Balaban J connectivity index is 0.000000341. The molecule has 8 aromatic rings. The number of aromatic nitrogens is 2. The molecule has 0 radical (unpaired) electrons. The Kier molecular flexibility index (Phi) is 26.2. The molecule has 0 amide bonds. The lowest BCUT2D eigenvalue weighted by Gasteiger charge is -2.19. The minimum atomic E-state index is -1.06. The van der Waals surface area contributed by atoms with Gasteiger partial charge in [-0.3, -0.25) is 0 Å². The van der Waals surface area contributed by atoms with E-state index in [0.717, 1.165) is 31.4 Å². The van der Waals surface area contributed by atoms with E-state index in [4.69, 9.17) is 13.0 Å². The number of aryl methyl sites for hydroxylation is 3. The molecule has 0 spiro atoms. The maximum Gasteiger partial charge on any atom is 0.118 e. The van der Waals surface area contributed by atoms with Crippen LogP contribution in [0, 0.1) is 42.4 Å². The number of methoxy groups -OCH3 is 1. The fourth-order valence-electron chi connectivity index (χ4n) is 8.49. The average Bonchev–Trinajstić information content (AvgIpc) is 2.71. The SMILES string of the molecule is C#CC.COc1ccccc1.Cc1ccccc1.Cn1c2ccc(C(C)(C)C)cc2c2cc(C(C)(C)C)ccc21.Cn1c2ccccc2c2ccccc21.[2H]C([2H])(C)C(C)(C)C.[2H]C([2H])(C)C(C)C.[2H]C1(C)CCCC1.[2H]C1(C)CCCCC1. The first-order valence-corrected chi connectivity index (χ1v) is 28.7. The number of hydrogen-bond donors (Lipinski definition) is 0. The quantitative estimate of drug-likeness (QED) is 0.158. The van der Waals surface area contributed by atoms with Crippen molar-refractivity contribution in [2.24, 2.45) is 37.2 Å². The summed E-state index contributed by atoms with van der Waals surface area (Å²) in [6, 6.07) is 50.8. The van der Waals surface area contributed by atoms with Gasteiger partial charge in [0, 0.05) is 65.9 Å². The minimum Gasteiger partial charge on any atom is -0.497 e. The van der Waals surface area contributed by atoms with E-state index in [-0.39, 0.29) is 34.0 Å². The smallest absolute Gasteiger partial charge is 0.118 e. The van der Waals surface area contributed by atoms with Crippen LogP contribution in [0.1, 0.15) is 206 Å². The lowest BCUT2D eigenvalue weighted by Crippen LogP contribution is -2.10. The van der Waals surface area contributed by atoms with E-state index >= 15 is 0 Å². The van der Waals surface area contributed by atoms with Crippen LogP contribution < -0.4 is 4.74 Å². The summed E-state index contributed by atoms with van der Waals surface area (Å²) in [6.45, 7) is 34.1. The summed E-state index contributed by atoms with van der Waals surface area (Å²) >= 11 is 0. The van der Waals surface area contributed by atoms with Crippen LogP contribution in [0.15, 0.2) is 146 Å². The molecule has 2 saturated carbocycles. The molecule has 2 heterocycles. The van der Waals surface area contributed by atoms with Crippen molar-refractivity contribution >= 4 is 43.6 Å². The molecule has 78 heavy (non-hydrogen) atoms. The zero-order chi connectivity index (χ0) is 63.9. The first-order valence-electron chi connectivity index (χ1n) is 31.7. The monoisotopic (exact) mass is 1060 g/mol. The predicted octanol–water partition coefficient (Wildman–Crippen LogP) is 22.9. The molecule has 6 aromatic carbocycles. The number of terminal acetylenes is 1. The summed E-state index contributed by atoms with van der Waals surface area (Å²) in [7, 11) is 5.94. The Bertz CT molecular complexity index is 3030. The summed E-state index contributed by atoms with van der Waals surface area (Å²) in [6.07, 6.45) is 13.5. The summed E-state index contributed by atoms with van der Waals surface area (Å²) in [5.74, 6) is 3.16. The van der Waals surface area contributed by atoms with Crippen molar-refractivity contribution in [3.63, 3.8) is 0 Å². The third-order valence-electron chi connectivity index (χ3n) is 14.0. The Morgan fingerprint density at radius 1 is 0.551 bits per heavy atom. The summed E-state index contributed by atoms with van der Waals surface area (Å²) in [5, 5.41) is 5.42. The van der Waals surface area contributed by atoms with Gasteiger partial charge in [0.1, 0.15) is 5.75 Å². The first-order chi connectivity index (χ1) is 38.8. The molecule has 2 aliphatic rings. The second kappa shape index (κ2) is 35.0. The predicted molar refractivity (Wildman–Crippen MR) is 352 cm³/mol. The van der Waals surface area contributed by atoms with Gasteiger partial charge in [0.05, 0.1) is 7.11 Å². The van der Waals surface area contributed by atoms with Crippen LogP contribution >= 0.6 is 0 Å². The van der Waals surface area contributed by atoms with Crippen molar-refractivity contribution in [1.82, 2.24) is 9.13 Å². The molecule has 2 fully saturated rings. The number of hydrogen-bond acceptors (Lipinski definition) is 1. The molecule has 3 nitrogen and oxygen atoms in total. The zero-order valence-electron chi connectivity index (χ0n) is 58.7. The van der Waals surface area contributed by atoms with Gasteiger partial charge >= 0.3 is 0 Å². The number of fused-ring (bicyclic) bond motifs is 6. The molecule has 0 atom stereocenters. The van der Waals surface area contributed by atoms with E-state index in [1.807, 2.05) is 97.0 Å². The summed E-state index contributed by atoms with van der Waals surface area (Å²) in [5.41, 5.74) is 9.47. The van der Waals surface area contributed by atoms with Crippen LogP contribution in [-0.2, 0) is 24.9 Å². The largest absolute Gasteiger partial charge is 0.497 e. The Morgan fingerprint density at radius 3 is 1.12 bits per heavy atom. The molecule has 0 bridgehead atoms. The number of nitrogens with zero attached hydrogens (tertiary/aromatic N) is 2. The van der Waals surface area contributed by atoms with Crippen molar-refractivity contribution in [1.29, 1.82) is 0 Å². The van der Waals surface area contributed by atoms with Gasteiger partial charge in [-0.2, -0.15) is 0 Å². The van der Waals surface area contributed by atoms with E-state index < -0.39 is 12.7 Å². The van der Waals surface area contributed by atoms with Gasteiger partial charge in [0.25, 0.3) is 0 Å². The maximum atomic E-state index is 7.63. The third-order valence-corrected chi connectivity index (χ3v) is 14.0. The van der Waals surface area contributed by atoms with Crippen LogP contribution in [0.2, 0.25) is 0 Å². The van der Waals surface area contributed by atoms with Crippen molar-refractivity contribution in [3.05, 3.63) is 162 Å². The highest BCUT2D eigenvalue weighted by Crippen LogP contribution is 2.35. The van der Waals surface area contributed by atoms with Crippen molar-refractivity contribution < 1.29 is 13.0 Å². The summed E-state index contributed by atoms with van der Waals surface area (Å²) in [4.78, 5) is 0. The average molecular weight is 1060 g/mol. The number of benzene rings is 6. The van der Waals surface area contributed by atoms with Crippen LogP contribution in [0.4, 0.5) is 0 Å². The lowest BCUT2D eigenvalue weighted by atomic mass is 9.85. The van der Waals surface area contributed by atoms with E-state index in [9.17, 15) is 0 Å². The van der Waals surface area contributed by atoms with Crippen LogP contribution in [0.3, 0.4) is 0 Å². The third kappa shape index (κ3) is 24.9.